The average molecular weight is 287 g/mol. The molecule has 3 heteroatoms. The maximum atomic E-state index is 3.53. The van der Waals surface area contributed by atoms with Gasteiger partial charge in [0.1, 0.15) is 0 Å². The number of piperazine rings is 1. The van der Waals surface area contributed by atoms with Crippen LogP contribution in [0.25, 0.3) is 0 Å². The van der Waals surface area contributed by atoms with Crippen LogP contribution in [0.1, 0.15) is 24.0 Å². The maximum absolute atomic E-state index is 3.53. The minimum Gasteiger partial charge on any atom is -0.316 e. The molecule has 2 heterocycles. The normalized spacial score (nSPS) is 25.1. The molecule has 0 aromatic heterocycles. The predicted molar refractivity (Wildman–Crippen MR) is 88.5 cm³/mol. The molecule has 0 radical (unpaired) electrons. The third-order valence-electron chi connectivity index (χ3n) is 5.04. The lowest BCUT2D eigenvalue weighted by Crippen LogP contribution is -2.48. The molecule has 2 saturated heterocycles. The number of hydrogen-bond acceptors (Lipinski definition) is 3. The van der Waals surface area contributed by atoms with E-state index in [0.717, 1.165) is 12.5 Å². The SMILES string of the molecule is Cc1ccccc1CN1CCN(C[C@@H]2CCCNC2)CC1. The second-order valence-corrected chi connectivity index (χ2v) is 6.72. The molecule has 2 aliphatic rings. The van der Waals surface area contributed by atoms with E-state index in [0.29, 0.717) is 0 Å². The molecule has 2 fully saturated rings. The number of rotatable bonds is 4. The zero-order chi connectivity index (χ0) is 14.5. The lowest BCUT2D eigenvalue weighted by molar-refractivity contribution is 0.108. The third kappa shape index (κ3) is 4.29. The topological polar surface area (TPSA) is 18.5 Å². The number of aryl methyl sites for hydroxylation is 1. The summed E-state index contributed by atoms with van der Waals surface area (Å²) in [4.78, 5) is 5.28. The van der Waals surface area contributed by atoms with Crippen LogP contribution in [0.15, 0.2) is 24.3 Å². The van der Waals surface area contributed by atoms with E-state index >= 15 is 0 Å². The number of benzene rings is 1. The van der Waals surface area contributed by atoms with Gasteiger partial charge in [0.05, 0.1) is 0 Å². The Morgan fingerprint density at radius 2 is 1.86 bits per heavy atom. The van der Waals surface area contributed by atoms with Crippen molar-refractivity contribution >= 4 is 0 Å². The zero-order valence-corrected chi connectivity index (χ0v) is 13.4. The summed E-state index contributed by atoms with van der Waals surface area (Å²) < 4.78 is 0. The van der Waals surface area contributed by atoms with Crippen molar-refractivity contribution in [3.8, 4) is 0 Å². The molecule has 0 amide bonds. The summed E-state index contributed by atoms with van der Waals surface area (Å²) in [5, 5.41) is 3.53. The van der Waals surface area contributed by atoms with Gasteiger partial charge < -0.3 is 10.2 Å². The fourth-order valence-corrected chi connectivity index (χ4v) is 3.60. The summed E-state index contributed by atoms with van der Waals surface area (Å²) in [6, 6.07) is 8.79. The Morgan fingerprint density at radius 3 is 2.57 bits per heavy atom. The number of nitrogens with zero attached hydrogens (tertiary/aromatic N) is 2. The molecule has 3 rings (SSSR count). The van der Waals surface area contributed by atoms with Crippen LogP contribution in [0.4, 0.5) is 0 Å². The van der Waals surface area contributed by atoms with E-state index < -0.39 is 0 Å². The molecule has 1 aromatic carbocycles. The Hall–Kier alpha value is -0.900. The summed E-state index contributed by atoms with van der Waals surface area (Å²) in [6.07, 6.45) is 2.77. The average Bonchev–Trinajstić information content (AvgIpc) is 2.52. The molecular formula is C18H29N3. The molecule has 0 unspecified atom stereocenters. The fraction of sp³-hybridized carbons (Fsp3) is 0.667. The van der Waals surface area contributed by atoms with Gasteiger partial charge in [0, 0.05) is 39.3 Å². The van der Waals surface area contributed by atoms with Crippen molar-refractivity contribution in [2.75, 3.05) is 45.8 Å². The van der Waals surface area contributed by atoms with Gasteiger partial charge in [-0.05, 0) is 49.9 Å². The van der Waals surface area contributed by atoms with Crippen LogP contribution in [0.3, 0.4) is 0 Å². The highest BCUT2D eigenvalue weighted by molar-refractivity contribution is 5.25. The molecule has 1 atom stereocenters. The van der Waals surface area contributed by atoms with Gasteiger partial charge in [-0.2, -0.15) is 0 Å². The van der Waals surface area contributed by atoms with Gasteiger partial charge in [-0.3, -0.25) is 4.90 Å². The van der Waals surface area contributed by atoms with E-state index in [1.807, 2.05) is 0 Å². The second-order valence-electron chi connectivity index (χ2n) is 6.72. The molecule has 21 heavy (non-hydrogen) atoms. The molecule has 0 aliphatic carbocycles. The molecule has 2 aliphatic heterocycles. The van der Waals surface area contributed by atoms with Gasteiger partial charge in [-0.1, -0.05) is 24.3 Å². The van der Waals surface area contributed by atoms with Crippen LogP contribution in [-0.4, -0.2) is 55.6 Å². The number of piperidine rings is 1. The first-order valence-electron chi connectivity index (χ1n) is 8.51. The van der Waals surface area contributed by atoms with Crippen LogP contribution >= 0.6 is 0 Å². The summed E-state index contributed by atoms with van der Waals surface area (Å²) in [5.74, 6) is 0.877. The summed E-state index contributed by atoms with van der Waals surface area (Å²) in [5.41, 5.74) is 2.91. The first-order chi connectivity index (χ1) is 10.3. The Bertz CT molecular complexity index is 432. The fourth-order valence-electron chi connectivity index (χ4n) is 3.60. The minimum atomic E-state index is 0.877. The van der Waals surface area contributed by atoms with E-state index in [-0.39, 0.29) is 0 Å². The highest BCUT2D eigenvalue weighted by Crippen LogP contribution is 2.15. The van der Waals surface area contributed by atoms with Crippen LogP contribution in [0.2, 0.25) is 0 Å². The molecule has 0 bridgehead atoms. The van der Waals surface area contributed by atoms with Crippen molar-refractivity contribution in [2.24, 2.45) is 5.92 Å². The van der Waals surface area contributed by atoms with E-state index in [9.17, 15) is 0 Å². The molecule has 3 nitrogen and oxygen atoms in total. The van der Waals surface area contributed by atoms with Crippen molar-refractivity contribution in [1.29, 1.82) is 0 Å². The molecule has 116 valence electrons. The van der Waals surface area contributed by atoms with Gasteiger partial charge in [-0.15, -0.1) is 0 Å². The molecular weight excluding hydrogens is 258 g/mol. The Morgan fingerprint density at radius 1 is 1.10 bits per heavy atom. The number of nitrogens with one attached hydrogen (secondary N) is 1. The smallest absolute Gasteiger partial charge is 0.0237 e. The highest BCUT2D eigenvalue weighted by atomic mass is 15.3. The largest absolute Gasteiger partial charge is 0.316 e. The summed E-state index contributed by atoms with van der Waals surface area (Å²) >= 11 is 0. The lowest BCUT2D eigenvalue weighted by Gasteiger charge is -2.37. The predicted octanol–water partition coefficient (Wildman–Crippen LogP) is 2.11. The first kappa shape index (κ1) is 15.0. The quantitative estimate of drug-likeness (QED) is 0.915. The monoisotopic (exact) mass is 287 g/mol. The first-order valence-corrected chi connectivity index (χ1v) is 8.51. The highest BCUT2D eigenvalue weighted by Gasteiger charge is 2.21. The standard InChI is InChI=1S/C18H29N3/c1-16-5-2-3-7-18(16)15-21-11-9-20(10-12-21)14-17-6-4-8-19-13-17/h2-3,5,7,17,19H,4,6,8-15H2,1H3/t17-/m1/s1. The van der Waals surface area contributed by atoms with Gasteiger partial charge in [0.2, 0.25) is 0 Å². The van der Waals surface area contributed by atoms with Crippen LogP contribution < -0.4 is 5.32 Å². The van der Waals surface area contributed by atoms with E-state index in [4.69, 9.17) is 0 Å². The van der Waals surface area contributed by atoms with Crippen LogP contribution in [-0.2, 0) is 6.54 Å². The van der Waals surface area contributed by atoms with Gasteiger partial charge in [0.15, 0.2) is 0 Å². The van der Waals surface area contributed by atoms with Crippen LogP contribution in [0, 0.1) is 12.8 Å². The molecule has 0 saturated carbocycles. The van der Waals surface area contributed by atoms with Gasteiger partial charge in [0.25, 0.3) is 0 Å². The van der Waals surface area contributed by atoms with E-state index in [2.05, 4.69) is 46.3 Å². The van der Waals surface area contributed by atoms with Crippen molar-refractivity contribution in [3.05, 3.63) is 35.4 Å². The van der Waals surface area contributed by atoms with Gasteiger partial charge >= 0.3 is 0 Å². The molecule has 0 spiro atoms. The maximum Gasteiger partial charge on any atom is 0.0237 e. The molecule has 1 aromatic rings. The Labute approximate surface area is 129 Å². The number of hydrogen-bond donors (Lipinski definition) is 1. The van der Waals surface area contributed by atoms with Gasteiger partial charge in [-0.25, -0.2) is 0 Å². The van der Waals surface area contributed by atoms with E-state index in [1.54, 1.807) is 0 Å². The van der Waals surface area contributed by atoms with E-state index in [1.165, 1.54) is 69.8 Å². The minimum absolute atomic E-state index is 0.877. The van der Waals surface area contributed by atoms with Crippen molar-refractivity contribution in [2.45, 2.75) is 26.3 Å². The van der Waals surface area contributed by atoms with Crippen LogP contribution in [0.5, 0.6) is 0 Å². The zero-order valence-electron chi connectivity index (χ0n) is 13.4. The summed E-state index contributed by atoms with van der Waals surface area (Å²) in [7, 11) is 0. The van der Waals surface area contributed by atoms with Crippen molar-refractivity contribution in [1.82, 2.24) is 15.1 Å². The third-order valence-corrected chi connectivity index (χ3v) is 5.04. The Kier molecular flexibility index (Phi) is 5.28. The lowest BCUT2D eigenvalue weighted by atomic mass is 9.99. The molecule has 1 N–H and O–H groups in total. The second kappa shape index (κ2) is 7.39. The Balaban J connectivity index is 1.43. The summed E-state index contributed by atoms with van der Waals surface area (Å²) in [6.45, 7) is 12.0. The van der Waals surface area contributed by atoms with Crippen molar-refractivity contribution < 1.29 is 0 Å². The van der Waals surface area contributed by atoms with Crippen molar-refractivity contribution in [3.63, 3.8) is 0 Å².